The van der Waals surface area contributed by atoms with Gasteiger partial charge in [0.05, 0.1) is 53.7 Å². The summed E-state index contributed by atoms with van der Waals surface area (Å²) >= 11 is 8.29. The van der Waals surface area contributed by atoms with E-state index in [1.807, 2.05) is 44.2 Å². The van der Waals surface area contributed by atoms with Crippen molar-refractivity contribution in [2.24, 2.45) is 5.92 Å². The number of hydrogen-bond donors (Lipinski definition) is 1. The van der Waals surface area contributed by atoms with E-state index in [-0.39, 0.29) is 11.9 Å². The number of carbonyl (C=O) groups is 1. The quantitative estimate of drug-likeness (QED) is 0.112. The molecule has 4 aromatic rings. The second kappa shape index (κ2) is 15.7. The van der Waals surface area contributed by atoms with Crippen LogP contribution in [-0.2, 0) is 16.1 Å². The van der Waals surface area contributed by atoms with E-state index in [9.17, 15) is 10.1 Å². The molecule has 0 amide bonds. The van der Waals surface area contributed by atoms with Crippen LogP contribution in [-0.4, -0.2) is 65.4 Å². The zero-order valence-corrected chi connectivity index (χ0v) is 29.1. The summed E-state index contributed by atoms with van der Waals surface area (Å²) < 4.78 is 19.2. The standard InChI is InChI=1S/C35H41ClN6O4S/c1-6-42-23(4)22(3)39-35(42)47-32-10-9-26(17-28(32)36)40-33-25(20-37)21-38-29-19-31(30(44-5)18-27(29)33)46-16-8-13-41-14-11-24(12-15-41)34(43)45-7-2/h9-10,17-19,21,24H,6-8,11-16H2,1-5H3,(H,38,40). The first-order valence-corrected chi connectivity index (χ1v) is 17.2. The van der Waals surface area contributed by atoms with Crippen LogP contribution in [0.1, 0.15) is 50.1 Å². The smallest absolute Gasteiger partial charge is 0.309 e. The number of carbonyl (C=O) groups excluding carboxylic acids is 1. The number of halogens is 1. The van der Waals surface area contributed by atoms with Crippen LogP contribution in [0.5, 0.6) is 11.5 Å². The van der Waals surface area contributed by atoms with Crippen molar-refractivity contribution >= 4 is 51.6 Å². The summed E-state index contributed by atoms with van der Waals surface area (Å²) in [5.74, 6) is 1.06. The molecule has 5 rings (SSSR count). The number of hydrogen-bond acceptors (Lipinski definition) is 10. The van der Waals surface area contributed by atoms with Crippen LogP contribution in [0.4, 0.5) is 11.4 Å². The van der Waals surface area contributed by atoms with Gasteiger partial charge in [0, 0.05) is 47.0 Å². The van der Waals surface area contributed by atoms with E-state index < -0.39 is 0 Å². The van der Waals surface area contributed by atoms with Crippen molar-refractivity contribution in [2.45, 2.75) is 63.6 Å². The van der Waals surface area contributed by atoms with E-state index in [1.54, 1.807) is 13.3 Å². The fourth-order valence-corrected chi connectivity index (χ4v) is 7.14. The number of anilines is 2. The lowest BCUT2D eigenvalue weighted by Gasteiger charge is -2.30. The van der Waals surface area contributed by atoms with E-state index in [1.165, 1.54) is 11.8 Å². The maximum absolute atomic E-state index is 12.0. The maximum atomic E-state index is 12.0. The molecule has 3 heterocycles. The van der Waals surface area contributed by atoms with Gasteiger partial charge in [-0.15, -0.1) is 0 Å². The van der Waals surface area contributed by atoms with Crippen LogP contribution in [0.15, 0.2) is 46.6 Å². The topological polar surface area (TPSA) is 115 Å². The Morgan fingerprint density at radius 1 is 1.17 bits per heavy atom. The van der Waals surface area contributed by atoms with Crippen LogP contribution in [0.2, 0.25) is 5.02 Å². The van der Waals surface area contributed by atoms with Crippen molar-refractivity contribution in [3.05, 3.63) is 58.5 Å². The summed E-state index contributed by atoms with van der Waals surface area (Å²) in [6.45, 7) is 12.4. The summed E-state index contributed by atoms with van der Waals surface area (Å²) in [5, 5.41) is 15.5. The summed E-state index contributed by atoms with van der Waals surface area (Å²) in [6, 6.07) is 11.7. The van der Waals surface area contributed by atoms with E-state index in [4.69, 9.17) is 30.8 Å². The highest BCUT2D eigenvalue weighted by atomic mass is 35.5. The van der Waals surface area contributed by atoms with Crippen molar-refractivity contribution in [1.29, 1.82) is 5.26 Å². The molecule has 0 radical (unpaired) electrons. The highest BCUT2D eigenvalue weighted by molar-refractivity contribution is 7.99. The summed E-state index contributed by atoms with van der Waals surface area (Å²) in [7, 11) is 1.60. The van der Waals surface area contributed by atoms with Crippen molar-refractivity contribution < 1.29 is 19.0 Å². The minimum Gasteiger partial charge on any atom is -0.493 e. The van der Waals surface area contributed by atoms with Gasteiger partial charge >= 0.3 is 5.97 Å². The van der Waals surface area contributed by atoms with Crippen molar-refractivity contribution in [1.82, 2.24) is 19.4 Å². The highest BCUT2D eigenvalue weighted by Crippen LogP contribution is 2.39. The lowest BCUT2D eigenvalue weighted by Crippen LogP contribution is -2.37. The molecule has 0 saturated carbocycles. The van der Waals surface area contributed by atoms with Crippen molar-refractivity contribution in [3.8, 4) is 17.6 Å². The first-order valence-electron chi connectivity index (χ1n) is 16.0. The molecule has 0 spiro atoms. The van der Waals surface area contributed by atoms with Gasteiger partial charge in [0.1, 0.15) is 6.07 Å². The summed E-state index contributed by atoms with van der Waals surface area (Å²) in [4.78, 5) is 24.5. The van der Waals surface area contributed by atoms with Gasteiger partial charge in [-0.1, -0.05) is 23.4 Å². The van der Waals surface area contributed by atoms with E-state index in [0.717, 1.165) is 78.0 Å². The molecule has 2 aromatic carbocycles. The number of pyridine rings is 1. The molecular formula is C35H41ClN6O4S. The molecule has 0 aliphatic carbocycles. The van der Waals surface area contributed by atoms with Gasteiger partial charge in [0.15, 0.2) is 16.7 Å². The normalized spacial score (nSPS) is 13.8. The Bertz CT molecular complexity index is 1780. The third kappa shape index (κ3) is 7.95. The van der Waals surface area contributed by atoms with Gasteiger partial charge in [-0.2, -0.15) is 5.26 Å². The number of methoxy groups -OCH3 is 1. The summed E-state index contributed by atoms with van der Waals surface area (Å²) in [5.41, 5.74) is 4.55. The van der Waals surface area contributed by atoms with Gasteiger partial charge < -0.3 is 29.0 Å². The number of benzene rings is 2. The average Bonchev–Trinajstić information content (AvgIpc) is 3.35. The minimum atomic E-state index is -0.0781. The number of ether oxygens (including phenoxy) is 3. The lowest BCUT2D eigenvalue weighted by molar-refractivity contribution is -0.149. The van der Waals surface area contributed by atoms with E-state index >= 15 is 0 Å². The largest absolute Gasteiger partial charge is 0.493 e. The zero-order valence-electron chi connectivity index (χ0n) is 27.6. The molecule has 1 N–H and O–H groups in total. The molecule has 0 bridgehead atoms. The van der Waals surface area contributed by atoms with Gasteiger partial charge in [-0.3, -0.25) is 9.78 Å². The van der Waals surface area contributed by atoms with Crippen LogP contribution in [0, 0.1) is 31.1 Å². The number of aryl methyl sites for hydroxylation is 1. The number of fused-ring (bicyclic) bond motifs is 1. The van der Waals surface area contributed by atoms with Crippen LogP contribution in [0.3, 0.4) is 0 Å². The molecule has 10 nitrogen and oxygen atoms in total. The Labute approximate surface area is 285 Å². The van der Waals surface area contributed by atoms with Gasteiger partial charge in [0.25, 0.3) is 0 Å². The van der Waals surface area contributed by atoms with E-state index in [0.29, 0.717) is 46.5 Å². The van der Waals surface area contributed by atoms with Gasteiger partial charge in [-0.25, -0.2) is 4.98 Å². The number of imidazole rings is 1. The Hall–Kier alpha value is -3.98. The van der Waals surface area contributed by atoms with E-state index in [2.05, 4.69) is 39.7 Å². The maximum Gasteiger partial charge on any atom is 0.309 e. The monoisotopic (exact) mass is 676 g/mol. The molecule has 1 aliphatic heterocycles. The number of nitriles is 1. The molecule has 0 unspecified atom stereocenters. The number of nitrogens with one attached hydrogen (secondary N) is 1. The molecule has 12 heteroatoms. The van der Waals surface area contributed by atoms with Crippen LogP contribution >= 0.6 is 23.4 Å². The first kappa shape index (κ1) is 34.4. The molecule has 2 aromatic heterocycles. The van der Waals surface area contributed by atoms with Gasteiger partial charge in [0.2, 0.25) is 0 Å². The number of aromatic nitrogens is 3. The Morgan fingerprint density at radius 3 is 2.64 bits per heavy atom. The first-order chi connectivity index (χ1) is 22.8. The molecule has 1 saturated heterocycles. The molecule has 248 valence electrons. The minimum absolute atomic E-state index is 0.00340. The second-order valence-corrected chi connectivity index (χ2v) is 12.8. The van der Waals surface area contributed by atoms with Crippen LogP contribution < -0.4 is 14.8 Å². The number of nitrogens with zero attached hydrogens (tertiary/aromatic N) is 5. The molecule has 47 heavy (non-hydrogen) atoms. The van der Waals surface area contributed by atoms with Crippen molar-refractivity contribution in [3.63, 3.8) is 0 Å². The van der Waals surface area contributed by atoms with Crippen molar-refractivity contribution in [2.75, 3.05) is 45.3 Å². The number of piperidine rings is 1. The predicted molar refractivity (Wildman–Crippen MR) is 185 cm³/mol. The number of likely N-dealkylation sites (tertiary alicyclic amines) is 1. The molecule has 1 fully saturated rings. The predicted octanol–water partition coefficient (Wildman–Crippen LogP) is 7.54. The average molecular weight is 677 g/mol. The SMILES string of the molecule is CCOC(=O)C1CCN(CCCOc2cc3ncc(C#N)c(Nc4ccc(Sc5nc(C)c(C)n5CC)c(Cl)c4)c3cc2OC)CC1. The molecule has 1 aliphatic rings. The molecular weight excluding hydrogens is 636 g/mol. The Kier molecular flexibility index (Phi) is 11.5. The Balaban J connectivity index is 1.27. The molecule has 0 atom stereocenters. The number of esters is 1. The fraction of sp³-hybridized carbons (Fsp3) is 0.429. The summed E-state index contributed by atoms with van der Waals surface area (Å²) in [6.07, 6.45) is 4.03. The third-order valence-corrected chi connectivity index (χ3v) is 9.99. The fourth-order valence-electron chi connectivity index (χ4n) is 5.79. The van der Waals surface area contributed by atoms with Crippen LogP contribution in [0.25, 0.3) is 10.9 Å². The van der Waals surface area contributed by atoms with Gasteiger partial charge in [-0.05, 0) is 84.3 Å². The lowest BCUT2D eigenvalue weighted by atomic mass is 9.97. The third-order valence-electron chi connectivity index (χ3n) is 8.50. The second-order valence-electron chi connectivity index (χ2n) is 11.4. The number of rotatable bonds is 13. The highest BCUT2D eigenvalue weighted by Gasteiger charge is 2.25. The zero-order chi connectivity index (χ0) is 33.5. The Morgan fingerprint density at radius 2 is 1.96 bits per heavy atom.